The molecule has 0 atom stereocenters. The molecule has 5 nitrogen and oxygen atoms in total. The summed E-state index contributed by atoms with van der Waals surface area (Å²) in [6, 6.07) is 9.37. The first kappa shape index (κ1) is 18.4. The number of hydrogen-bond acceptors (Lipinski definition) is 4. The van der Waals surface area contributed by atoms with Gasteiger partial charge in [0, 0.05) is 29.6 Å². The van der Waals surface area contributed by atoms with E-state index in [2.05, 4.69) is 5.32 Å². The zero-order valence-electron chi connectivity index (χ0n) is 13.9. The molecule has 0 aliphatic carbocycles. The maximum atomic E-state index is 12.3. The van der Waals surface area contributed by atoms with Gasteiger partial charge in [-0.2, -0.15) is 8.78 Å². The van der Waals surface area contributed by atoms with Crippen molar-refractivity contribution < 1.29 is 22.8 Å². The van der Waals surface area contributed by atoms with E-state index in [-0.39, 0.29) is 17.9 Å². The molecule has 138 valence electrons. The van der Waals surface area contributed by atoms with Gasteiger partial charge in [-0.25, -0.2) is 0 Å². The summed E-state index contributed by atoms with van der Waals surface area (Å²) in [5, 5.41) is 2.93. The zero-order valence-corrected chi connectivity index (χ0v) is 14.7. The molecule has 1 saturated heterocycles. The number of likely N-dealkylation sites (tertiary alicyclic amines) is 1. The number of alkyl halides is 2. The van der Waals surface area contributed by atoms with Crippen molar-refractivity contribution in [1.29, 1.82) is 0 Å². The second-order valence-corrected chi connectivity index (χ2v) is 6.98. The van der Waals surface area contributed by atoms with Crippen LogP contribution in [0.1, 0.15) is 33.8 Å². The molecule has 0 spiro atoms. The van der Waals surface area contributed by atoms with Gasteiger partial charge in [0.05, 0.1) is 6.26 Å². The van der Waals surface area contributed by atoms with Gasteiger partial charge in [-0.1, -0.05) is 11.8 Å². The number of furan rings is 1. The van der Waals surface area contributed by atoms with Gasteiger partial charge in [0.15, 0.2) is 5.76 Å². The average Bonchev–Trinajstić information content (AvgIpc) is 3.16. The Morgan fingerprint density at radius 2 is 1.85 bits per heavy atom. The van der Waals surface area contributed by atoms with Crippen LogP contribution in [-0.2, 0) is 0 Å². The first-order chi connectivity index (χ1) is 12.5. The maximum Gasteiger partial charge on any atom is 0.289 e. The average molecular weight is 380 g/mol. The lowest BCUT2D eigenvalue weighted by Crippen LogP contribution is -2.46. The molecule has 0 unspecified atom stereocenters. The highest BCUT2D eigenvalue weighted by molar-refractivity contribution is 7.99. The molecule has 0 saturated carbocycles. The number of carbonyl (C=O) groups is 2. The summed E-state index contributed by atoms with van der Waals surface area (Å²) in [6.07, 6.45) is 2.76. The van der Waals surface area contributed by atoms with E-state index >= 15 is 0 Å². The molecule has 3 rings (SSSR count). The van der Waals surface area contributed by atoms with Gasteiger partial charge in [0.1, 0.15) is 0 Å². The molecule has 0 bridgehead atoms. The Balaban J connectivity index is 1.49. The number of amides is 2. The predicted octanol–water partition coefficient (Wildman–Crippen LogP) is 3.63. The quantitative estimate of drug-likeness (QED) is 0.805. The number of thioether (sulfide) groups is 1. The van der Waals surface area contributed by atoms with Gasteiger partial charge in [-0.3, -0.25) is 9.59 Å². The number of nitrogens with zero attached hydrogens (tertiary/aromatic N) is 1. The molecule has 2 amide bonds. The minimum Gasteiger partial charge on any atom is -0.459 e. The lowest BCUT2D eigenvalue weighted by atomic mass is 10.0. The standard InChI is InChI=1S/C18H18F2N2O3S/c19-18(20)26-14-5-3-12(4-6-14)16(23)21-13-7-9-22(10-8-13)17(24)15-2-1-11-25-15/h1-6,11,13,18H,7-10H2,(H,21,23). The third-order valence-corrected chi connectivity index (χ3v) is 4.91. The number of halogens is 2. The minimum absolute atomic E-state index is 0.0294. The van der Waals surface area contributed by atoms with E-state index in [0.717, 1.165) is 0 Å². The highest BCUT2D eigenvalue weighted by Crippen LogP contribution is 2.25. The lowest BCUT2D eigenvalue weighted by molar-refractivity contribution is 0.0667. The Morgan fingerprint density at radius 1 is 1.15 bits per heavy atom. The largest absolute Gasteiger partial charge is 0.459 e. The zero-order chi connectivity index (χ0) is 18.5. The Kier molecular flexibility index (Phi) is 5.92. The van der Waals surface area contributed by atoms with Crippen LogP contribution in [0.3, 0.4) is 0 Å². The molecule has 1 aromatic carbocycles. The van der Waals surface area contributed by atoms with Gasteiger partial charge < -0.3 is 14.6 Å². The summed E-state index contributed by atoms with van der Waals surface area (Å²) >= 11 is 0.446. The Labute approximate surface area is 153 Å². The van der Waals surface area contributed by atoms with E-state index < -0.39 is 5.76 Å². The van der Waals surface area contributed by atoms with E-state index in [0.29, 0.717) is 53.9 Å². The van der Waals surface area contributed by atoms with Crippen LogP contribution in [0, 0.1) is 0 Å². The van der Waals surface area contributed by atoms with Crippen molar-refractivity contribution in [3.63, 3.8) is 0 Å². The van der Waals surface area contributed by atoms with Crippen molar-refractivity contribution in [2.24, 2.45) is 0 Å². The van der Waals surface area contributed by atoms with Crippen LogP contribution in [0.15, 0.2) is 52.0 Å². The van der Waals surface area contributed by atoms with Crippen molar-refractivity contribution in [3.8, 4) is 0 Å². The van der Waals surface area contributed by atoms with Gasteiger partial charge in [0.25, 0.3) is 17.6 Å². The van der Waals surface area contributed by atoms with Gasteiger partial charge in [-0.05, 0) is 49.2 Å². The van der Waals surface area contributed by atoms with E-state index in [9.17, 15) is 18.4 Å². The highest BCUT2D eigenvalue weighted by atomic mass is 32.2. The number of hydrogen-bond donors (Lipinski definition) is 1. The van der Waals surface area contributed by atoms with E-state index in [1.54, 1.807) is 17.0 Å². The fourth-order valence-corrected chi connectivity index (χ4v) is 3.34. The van der Waals surface area contributed by atoms with Crippen molar-refractivity contribution in [1.82, 2.24) is 10.2 Å². The molecule has 8 heteroatoms. The van der Waals surface area contributed by atoms with Crippen LogP contribution >= 0.6 is 11.8 Å². The summed E-state index contributed by atoms with van der Waals surface area (Å²) in [7, 11) is 0. The molecule has 1 N–H and O–H groups in total. The molecule has 26 heavy (non-hydrogen) atoms. The van der Waals surface area contributed by atoms with Crippen molar-refractivity contribution >= 4 is 23.6 Å². The number of nitrogens with one attached hydrogen (secondary N) is 1. The van der Waals surface area contributed by atoms with Crippen molar-refractivity contribution in [3.05, 3.63) is 54.0 Å². The number of carbonyl (C=O) groups excluding carboxylic acids is 2. The molecule has 2 heterocycles. The molecular weight excluding hydrogens is 362 g/mol. The first-order valence-corrected chi connectivity index (χ1v) is 9.09. The van der Waals surface area contributed by atoms with Gasteiger partial charge in [0.2, 0.25) is 0 Å². The Hall–Kier alpha value is -2.35. The maximum absolute atomic E-state index is 12.3. The van der Waals surface area contributed by atoms with Gasteiger partial charge in [-0.15, -0.1) is 0 Å². The summed E-state index contributed by atoms with van der Waals surface area (Å²) < 4.78 is 29.8. The normalized spacial score (nSPS) is 15.3. The second-order valence-electron chi connectivity index (χ2n) is 5.92. The summed E-state index contributed by atoms with van der Waals surface area (Å²) in [6.45, 7) is 1.07. The Bertz CT molecular complexity index is 742. The van der Waals surface area contributed by atoms with Crippen LogP contribution < -0.4 is 5.32 Å². The summed E-state index contributed by atoms with van der Waals surface area (Å²) in [5.41, 5.74) is 0.428. The predicted molar refractivity (Wildman–Crippen MR) is 93.4 cm³/mol. The fourth-order valence-electron chi connectivity index (χ4n) is 2.84. The Morgan fingerprint density at radius 3 is 2.42 bits per heavy atom. The van der Waals surface area contributed by atoms with Crippen molar-refractivity contribution in [2.75, 3.05) is 13.1 Å². The second kappa shape index (κ2) is 8.35. The van der Waals surface area contributed by atoms with Crippen molar-refractivity contribution in [2.45, 2.75) is 29.5 Å². The lowest BCUT2D eigenvalue weighted by Gasteiger charge is -2.31. The smallest absolute Gasteiger partial charge is 0.289 e. The summed E-state index contributed by atoms with van der Waals surface area (Å²) in [4.78, 5) is 26.6. The highest BCUT2D eigenvalue weighted by Gasteiger charge is 2.26. The number of piperidine rings is 1. The minimum atomic E-state index is -2.48. The van der Waals surface area contributed by atoms with Crippen LogP contribution in [0.5, 0.6) is 0 Å². The van der Waals surface area contributed by atoms with Gasteiger partial charge >= 0.3 is 0 Å². The van der Waals surface area contributed by atoms with Crippen LogP contribution in [0.2, 0.25) is 0 Å². The molecule has 1 fully saturated rings. The molecular formula is C18H18F2N2O3S. The van der Waals surface area contributed by atoms with Crippen LogP contribution in [-0.4, -0.2) is 41.6 Å². The third kappa shape index (κ3) is 4.63. The van der Waals surface area contributed by atoms with Crippen LogP contribution in [0.25, 0.3) is 0 Å². The van der Waals surface area contributed by atoms with Crippen LogP contribution in [0.4, 0.5) is 8.78 Å². The molecule has 0 radical (unpaired) electrons. The fraction of sp³-hybridized carbons (Fsp3) is 0.333. The number of benzene rings is 1. The summed E-state index contributed by atoms with van der Waals surface area (Å²) in [5.74, 6) is -2.56. The number of rotatable bonds is 5. The van der Waals surface area contributed by atoms with E-state index in [4.69, 9.17) is 4.42 Å². The monoisotopic (exact) mass is 380 g/mol. The molecule has 1 aromatic heterocycles. The third-order valence-electron chi connectivity index (χ3n) is 4.19. The van der Waals surface area contributed by atoms with E-state index in [1.165, 1.54) is 30.5 Å². The topological polar surface area (TPSA) is 62.6 Å². The molecule has 1 aliphatic rings. The SMILES string of the molecule is O=C(NC1CCN(C(=O)c2ccco2)CC1)c1ccc(SC(F)F)cc1. The molecule has 2 aromatic rings. The van der Waals surface area contributed by atoms with E-state index in [1.807, 2.05) is 0 Å². The molecule has 1 aliphatic heterocycles. The first-order valence-electron chi connectivity index (χ1n) is 8.21.